The largest absolute Gasteiger partial charge is 0.454 e. The molecule has 0 spiro atoms. The highest BCUT2D eigenvalue weighted by Gasteiger charge is 2.47. The van der Waals surface area contributed by atoms with E-state index in [2.05, 4.69) is 111 Å². The van der Waals surface area contributed by atoms with Gasteiger partial charge in [-0.1, -0.05) is 279 Å². The van der Waals surface area contributed by atoms with Crippen molar-refractivity contribution in [1.29, 1.82) is 0 Å². The van der Waals surface area contributed by atoms with E-state index in [0.29, 0.717) is 12.8 Å². The molecule has 1 saturated heterocycles. The number of aliphatic hydroxyl groups is 5. The van der Waals surface area contributed by atoms with Crippen LogP contribution in [0.1, 0.15) is 290 Å². The number of hydrogen-bond donors (Lipinski definition) is 6. The number of esters is 1. The minimum Gasteiger partial charge on any atom is -0.454 e. The second kappa shape index (κ2) is 59.9. The topological polar surface area (TPSA) is 175 Å². The maximum Gasteiger partial charge on any atom is 0.306 e. The molecule has 11 nitrogen and oxygen atoms in total. The number of nitrogens with one attached hydrogen (secondary N) is 1. The minimum absolute atomic E-state index is 0.116. The molecule has 0 aromatic carbocycles. The van der Waals surface area contributed by atoms with E-state index in [1.54, 1.807) is 6.08 Å². The molecule has 0 saturated carbocycles. The Hall–Kier alpha value is -3.42. The second-order valence-corrected chi connectivity index (χ2v) is 23.5. The molecular weight excluding hydrogens is 1050 g/mol. The highest BCUT2D eigenvalue weighted by Crippen LogP contribution is 2.26. The van der Waals surface area contributed by atoms with Gasteiger partial charge in [0.2, 0.25) is 5.91 Å². The van der Waals surface area contributed by atoms with Gasteiger partial charge in [-0.25, -0.2) is 0 Å². The molecular formula is C73H127NO10. The zero-order valence-corrected chi connectivity index (χ0v) is 53.7. The van der Waals surface area contributed by atoms with Crippen LogP contribution in [0.25, 0.3) is 0 Å². The second-order valence-electron chi connectivity index (χ2n) is 23.5. The van der Waals surface area contributed by atoms with E-state index in [-0.39, 0.29) is 19.4 Å². The number of allylic oxidation sites excluding steroid dienone is 15. The van der Waals surface area contributed by atoms with Gasteiger partial charge in [-0.05, 0) is 103 Å². The van der Waals surface area contributed by atoms with Crippen molar-refractivity contribution in [2.24, 2.45) is 0 Å². The summed E-state index contributed by atoms with van der Waals surface area (Å²) in [6, 6.07) is -1.04. The van der Waals surface area contributed by atoms with Gasteiger partial charge < -0.3 is 45.1 Å². The molecule has 1 fully saturated rings. The number of unbranched alkanes of at least 4 members (excludes halogenated alkanes) is 30. The molecule has 1 aliphatic rings. The lowest BCUT2D eigenvalue weighted by Gasteiger charge is -2.41. The number of rotatable bonds is 58. The Bertz CT molecular complexity index is 1740. The minimum atomic E-state index is -1.62. The Labute approximate surface area is 514 Å². The van der Waals surface area contributed by atoms with Crippen LogP contribution >= 0.6 is 0 Å². The summed E-state index contributed by atoms with van der Waals surface area (Å²) in [7, 11) is 0. The molecule has 1 amide bonds. The molecule has 11 heteroatoms. The maximum absolute atomic E-state index is 13.5. The SMILES string of the molecule is CC/C=C\C/C=C\C/C=C\C/C=C\C/C=C\C/C=C\CCCCCC(O)C(=O)NC(COC1OC(CO)C(O)C(O)C1OC(=O)CCCCCCCCCCCCC/C=C/CCCCCCCC)C(O)/C=C/CCCCCCCCCCCC. The highest BCUT2D eigenvalue weighted by atomic mass is 16.7. The summed E-state index contributed by atoms with van der Waals surface area (Å²) in [4.78, 5) is 26.6. The Morgan fingerprint density at radius 3 is 1.30 bits per heavy atom. The van der Waals surface area contributed by atoms with Gasteiger partial charge in [0.05, 0.1) is 25.4 Å². The first-order valence-electron chi connectivity index (χ1n) is 34.5. The molecule has 6 N–H and O–H groups in total. The van der Waals surface area contributed by atoms with E-state index in [9.17, 15) is 35.1 Å². The fourth-order valence-corrected chi connectivity index (χ4v) is 10.3. The Kier molecular flexibility index (Phi) is 56.0. The summed E-state index contributed by atoms with van der Waals surface area (Å²) >= 11 is 0. The van der Waals surface area contributed by atoms with Crippen LogP contribution in [0, 0.1) is 0 Å². The summed E-state index contributed by atoms with van der Waals surface area (Å²) in [5.41, 5.74) is 0. The zero-order chi connectivity index (χ0) is 61.0. The quantitative estimate of drug-likeness (QED) is 0.0195. The van der Waals surface area contributed by atoms with Crippen LogP contribution in [0.15, 0.2) is 97.2 Å². The molecule has 0 bridgehead atoms. The number of carbonyl (C=O) groups excluding carboxylic acids is 2. The summed E-state index contributed by atoms with van der Waals surface area (Å²) in [6.07, 6.45) is 70.1. The van der Waals surface area contributed by atoms with E-state index in [1.807, 2.05) is 6.08 Å². The van der Waals surface area contributed by atoms with Gasteiger partial charge in [0, 0.05) is 6.42 Å². The monoisotopic (exact) mass is 1180 g/mol. The lowest BCUT2D eigenvalue weighted by Crippen LogP contribution is -2.61. The fourth-order valence-electron chi connectivity index (χ4n) is 10.3. The molecule has 0 aliphatic carbocycles. The number of ether oxygens (including phenoxy) is 3. The van der Waals surface area contributed by atoms with E-state index in [4.69, 9.17) is 14.2 Å². The normalized spacial score (nSPS) is 19.1. The van der Waals surface area contributed by atoms with Gasteiger partial charge in [-0.2, -0.15) is 0 Å². The van der Waals surface area contributed by atoms with Gasteiger partial charge in [0.15, 0.2) is 12.4 Å². The van der Waals surface area contributed by atoms with E-state index >= 15 is 0 Å². The van der Waals surface area contributed by atoms with Crippen molar-refractivity contribution in [2.75, 3.05) is 13.2 Å². The molecule has 1 aliphatic heterocycles. The van der Waals surface area contributed by atoms with Gasteiger partial charge >= 0.3 is 5.97 Å². The van der Waals surface area contributed by atoms with E-state index in [1.165, 1.54) is 141 Å². The molecule has 84 heavy (non-hydrogen) atoms. The highest BCUT2D eigenvalue weighted by molar-refractivity contribution is 5.80. The van der Waals surface area contributed by atoms with Gasteiger partial charge in [0.1, 0.15) is 24.4 Å². The lowest BCUT2D eigenvalue weighted by atomic mass is 9.99. The molecule has 0 radical (unpaired) electrons. The summed E-state index contributed by atoms with van der Waals surface area (Å²) in [5.74, 6) is -1.22. The first-order valence-corrected chi connectivity index (χ1v) is 34.5. The fraction of sp³-hybridized carbons (Fsp3) is 0.753. The number of amides is 1. The Morgan fingerprint density at radius 2 is 0.857 bits per heavy atom. The van der Waals surface area contributed by atoms with Crippen molar-refractivity contribution < 1.29 is 49.3 Å². The third-order valence-electron chi connectivity index (χ3n) is 15.7. The predicted molar refractivity (Wildman–Crippen MR) is 352 cm³/mol. The first-order chi connectivity index (χ1) is 41.2. The molecule has 1 rings (SSSR count). The van der Waals surface area contributed by atoms with Gasteiger partial charge in [-0.3, -0.25) is 9.59 Å². The smallest absolute Gasteiger partial charge is 0.306 e. The summed E-state index contributed by atoms with van der Waals surface area (Å²) in [6.45, 7) is 5.67. The van der Waals surface area contributed by atoms with Crippen molar-refractivity contribution in [1.82, 2.24) is 5.32 Å². The van der Waals surface area contributed by atoms with Crippen LogP contribution in [0.5, 0.6) is 0 Å². The third-order valence-corrected chi connectivity index (χ3v) is 15.7. The molecule has 1 heterocycles. The van der Waals surface area contributed by atoms with Crippen molar-refractivity contribution in [3.8, 4) is 0 Å². The summed E-state index contributed by atoms with van der Waals surface area (Å²) < 4.78 is 17.7. The van der Waals surface area contributed by atoms with Crippen LogP contribution in [0.2, 0.25) is 0 Å². The molecule has 0 aromatic rings. The van der Waals surface area contributed by atoms with Crippen LogP contribution < -0.4 is 5.32 Å². The number of hydrogen-bond acceptors (Lipinski definition) is 10. The van der Waals surface area contributed by atoms with Crippen molar-refractivity contribution in [3.63, 3.8) is 0 Å². The molecule has 484 valence electrons. The standard InChI is InChI=1S/C73H127NO10/c1-4-7-10-13-16-19-22-25-27-29-31-33-35-36-38-40-42-45-48-51-54-57-60-66(77)72(81)74-64(65(76)59-56-53-50-47-44-24-21-18-15-12-9-6-3)63-82-73-71(70(80)69(79)67(62-75)83-73)84-68(78)61-58-55-52-49-46-43-41-39-37-34-32-30-28-26-23-20-17-14-11-8-5-2/h7,10,16,19,25-28,31,33,36,38,42,45,56,59,64-67,69-71,73,75-77,79-80H,4-6,8-9,11-15,17-18,20-24,29-30,32,34-35,37,39-41,43-44,46-55,57-58,60-63H2,1-3H3,(H,74,81)/b10-7-,19-16-,27-25-,28-26+,33-31-,38-36-,45-42-,59-56+. The average molecular weight is 1180 g/mol. The average Bonchev–Trinajstić information content (AvgIpc) is 3.55. The Balaban J connectivity index is 2.63. The van der Waals surface area contributed by atoms with Crippen LogP contribution in [0.3, 0.4) is 0 Å². The van der Waals surface area contributed by atoms with Gasteiger partial charge in [-0.15, -0.1) is 0 Å². The van der Waals surface area contributed by atoms with Crippen molar-refractivity contribution >= 4 is 11.9 Å². The summed E-state index contributed by atoms with van der Waals surface area (Å²) in [5, 5.41) is 57.2. The lowest BCUT2D eigenvalue weighted by molar-refractivity contribution is -0.305. The zero-order valence-electron chi connectivity index (χ0n) is 53.7. The third kappa shape index (κ3) is 46.8. The van der Waals surface area contributed by atoms with Crippen molar-refractivity contribution in [3.05, 3.63) is 97.2 Å². The first kappa shape index (κ1) is 78.6. The van der Waals surface area contributed by atoms with E-state index < -0.39 is 67.4 Å². The predicted octanol–water partition coefficient (Wildman–Crippen LogP) is 17.5. The number of aliphatic hydroxyl groups excluding tert-OH is 5. The Morgan fingerprint density at radius 1 is 0.476 bits per heavy atom. The van der Waals surface area contributed by atoms with Crippen LogP contribution in [0.4, 0.5) is 0 Å². The van der Waals surface area contributed by atoms with Crippen LogP contribution in [-0.2, 0) is 23.8 Å². The van der Waals surface area contributed by atoms with Gasteiger partial charge in [0.25, 0.3) is 0 Å². The number of carbonyl (C=O) groups is 2. The van der Waals surface area contributed by atoms with Crippen LogP contribution in [-0.4, -0.2) is 99.6 Å². The van der Waals surface area contributed by atoms with Crippen molar-refractivity contribution in [2.45, 2.75) is 339 Å². The van der Waals surface area contributed by atoms with E-state index in [0.717, 1.165) is 103 Å². The molecule has 8 unspecified atom stereocenters. The molecule has 0 aromatic heterocycles. The maximum atomic E-state index is 13.5. The molecule has 8 atom stereocenters.